The van der Waals surface area contributed by atoms with Crippen LogP contribution in [0.3, 0.4) is 0 Å². The van der Waals surface area contributed by atoms with E-state index in [1.165, 1.54) is 12.3 Å². The van der Waals surface area contributed by atoms with Gasteiger partial charge in [-0.1, -0.05) is 17.7 Å². The van der Waals surface area contributed by atoms with Crippen LogP contribution in [0.1, 0.15) is 5.56 Å². The Hall–Kier alpha value is -1.81. The Bertz CT molecular complexity index is 508. The minimum Gasteiger partial charge on any atom is -0.396 e. The molecule has 0 saturated carbocycles. The fourth-order valence-corrected chi connectivity index (χ4v) is 1.57. The van der Waals surface area contributed by atoms with Crippen LogP contribution in [0.4, 0.5) is 21.6 Å². The van der Waals surface area contributed by atoms with Crippen molar-refractivity contribution in [1.82, 2.24) is 4.98 Å². The molecule has 0 spiro atoms. The molecule has 2 aromatic rings. The molecule has 0 amide bonds. The molecule has 0 aliphatic rings. The van der Waals surface area contributed by atoms with E-state index < -0.39 is 0 Å². The zero-order chi connectivity index (χ0) is 12.4. The summed E-state index contributed by atoms with van der Waals surface area (Å²) < 4.78 is 13.6. The van der Waals surface area contributed by atoms with Crippen molar-refractivity contribution < 1.29 is 4.39 Å². The highest BCUT2D eigenvalue weighted by Gasteiger charge is 2.06. The van der Waals surface area contributed by atoms with Crippen LogP contribution in [0.2, 0.25) is 5.02 Å². The van der Waals surface area contributed by atoms with Gasteiger partial charge in [0.15, 0.2) is 5.82 Å². The number of hydrogen-bond acceptors (Lipinski definition) is 3. The van der Waals surface area contributed by atoms with E-state index in [1.807, 2.05) is 6.92 Å². The summed E-state index contributed by atoms with van der Waals surface area (Å²) in [6.45, 7) is 1.82. The van der Waals surface area contributed by atoms with Crippen molar-refractivity contribution >= 4 is 28.8 Å². The molecule has 17 heavy (non-hydrogen) atoms. The number of anilines is 3. The zero-order valence-electron chi connectivity index (χ0n) is 9.17. The predicted molar refractivity (Wildman–Crippen MR) is 68.1 cm³/mol. The first-order valence-corrected chi connectivity index (χ1v) is 5.38. The summed E-state index contributed by atoms with van der Waals surface area (Å²) in [5, 5.41) is 3.27. The number of rotatable bonds is 2. The fourth-order valence-electron chi connectivity index (χ4n) is 1.41. The summed E-state index contributed by atoms with van der Waals surface area (Å²) in [7, 11) is 0. The van der Waals surface area contributed by atoms with Crippen molar-refractivity contribution in [2.75, 3.05) is 11.1 Å². The molecule has 0 radical (unpaired) electrons. The highest BCUT2D eigenvalue weighted by Crippen LogP contribution is 2.25. The summed E-state index contributed by atoms with van der Waals surface area (Å²) in [5.74, 6) is 0.0401. The maximum Gasteiger partial charge on any atom is 0.153 e. The van der Waals surface area contributed by atoms with Gasteiger partial charge in [0.25, 0.3) is 0 Å². The Balaban J connectivity index is 2.31. The van der Waals surface area contributed by atoms with Crippen molar-refractivity contribution in [1.29, 1.82) is 0 Å². The number of hydrogen-bond donors (Lipinski definition) is 2. The standard InChI is InChI=1S/C12H11ClFN3/c1-7-2-3-11(9(14)4-7)17-12-10(15)5-8(13)6-16-12/h2-6H,15H2,1H3,(H,16,17). The van der Waals surface area contributed by atoms with Crippen LogP contribution in [0.15, 0.2) is 30.5 Å². The van der Waals surface area contributed by atoms with Gasteiger partial charge in [-0.3, -0.25) is 0 Å². The highest BCUT2D eigenvalue weighted by atomic mass is 35.5. The Labute approximate surface area is 103 Å². The molecule has 0 aliphatic carbocycles. The summed E-state index contributed by atoms with van der Waals surface area (Å²) in [4.78, 5) is 4.00. The average molecular weight is 252 g/mol. The lowest BCUT2D eigenvalue weighted by Crippen LogP contribution is -2.00. The third kappa shape index (κ3) is 2.65. The number of nitrogens with zero attached hydrogens (tertiary/aromatic N) is 1. The maximum absolute atomic E-state index is 13.6. The van der Waals surface area contributed by atoms with Gasteiger partial charge in [-0.05, 0) is 30.7 Å². The third-order valence-corrected chi connectivity index (χ3v) is 2.47. The summed E-state index contributed by atoms with van der Waals surface area (Å²) >= 11 is 5.73. The molecule has 0 aliphatic heterocycles. The van der Waals surface area contributed by atoms with Crippen molar-refractivity contribution in [3.63, 3.8) is 0 Å². The molecule has 0 atom stereocenters. The number of pyridine rings is 1. The Morgan fingerprint density at radius 3 is 2.76 bits per heavy atom. The Morgan fingerprint density at radius 1 is 1.35 bits per heavy atom. The minimum absolute atomic E-state index is 0.331. The van der Waals surface area contributed by atoms with Gasteiger partial charge in [-0.25, -0.2) is 9.37 Å². The molecule has 88 valence electrons. The Morgan fingerprint density at radius 2 is 2.12 bits per heavy atom. The molecule has 1 heterocycles. The Kier molecular flexibility index (Phi) is 3.15. The van der Waals surface area contributed by atoms with Gasteiger partial charge in [0.2, 0.25) is 0 Å². The monoisotopic (exact) mass is 251 g/mol. The second kappa shape index (κ2) is 4.59. The largest absolute Gasteiger partial charge is 0.396 e. The van der Waals surface area contributed by atoms with Crippen LogP contribution >= 0.6 is 11.6 Å². The third-order valence-electron chi connectivity index (χ3n) is 2.26. The van der Waals surface area contributed by atoms with E-state index in [2.05, 4.69) is 10.3 Å². The fraction of sp³-hybridized carbons (Fsp3) is 0.0833. The number of nitrogen functional groups attached to an aromatic ring is 1. The summed E-state index contributed by atoms with van der Waals surface area (Å²) in [6, 6.07) is 6.44. The number of benzene rings is 1. The van der Waals surface area contributed by atoms with E-state index >= 15 is 0 Å². The lowest BCUT2D eigenvalue weighted by molar-refractivity contribution is 0.630. The zero-order valence-corrected chi connectivity index (χ0v) is 9.92. The second-order valence-electron chi connectivity index (χ2n) is 3.70. The first-order chi connectivity index (χ1) is 8.06. The first-order valence-electron chi connectivity index (χ1n) is 5.00. The molecule has 0 fully saturated rings. The molecule has 0 saturated heterocycles. The van der Waals surface area contributed by atoms with Crippen LogP contribution in [-0.2, 0) is 0 Å². The van der Waals surface area contributed by atoms with Crippen molar-refractivity contribution in [2.45, 2.75) is 6.92 Å². The van der Waals surface area contributed by atoms with Gasteiger partial charge < -0.3 is 11.1 Å². The predicted octanol–water partition coefficient (Wildman–Crippen LogP) is 3.51. The molecule has 1 aromatic carbocycles. The normalized spacial score (nSPS) is 10.3. The molecule has 5 heteroatoms. The van der Waals surface area contributed by atoms with E-state index in [-0.39, 0.29) is 5.82 Å². The van der Waals surface area contributed by atoms with E-state index in [0.29, 0.717) is 22.2 Å². The van der Waals surface area contributed by atoms with Gasteiger partial charge in [0, 0.05) is 6.20 Å². The molecule has 0 unspecified atom stereocenters. The molecule has 3 N–H and O–H groups in total. The van der Waals surface area contributed by atoms with E-state index in [0.717, 1.165) is 5.56 Å². The van der Waals surface area contributed by atoms with Crippen molar-refractivity contribution in [2.24, 2.45) is 0 Å². The lowest BCUT2D eigenvalue weighted by Gasteiger charge is -2.09. The number of halogens is 2. The molecular weight excluding hydrogens is 241 g/mol. The van der Waals surface area contributed by atoms with Gasteiger partial charge in [-0.2, -0.15) is 0 Å². The van der Waals surface area contributed by atoms with Gasteiger partial charge >= 0.3 is 0 Å². The lowest BCUT2D eigenvalue weighted by atomic mass is 10.2. The van der Waals surface area contributed by atoms with Crippen LogP contribution in [0.25, 0.3) is 0 Å². The second-order valence-corrected chi connectivity index (χ2v) is 4.14. The van der Waals surface area contributed by atoms with Gasteiger partial charge in [0.05, 0.1) is 16.4 Å². The topological polar surface area (TPSA) is 50.9 Å². The summed E-state index contributed by atoms with van der Waals surface area (Å²) in [5.41, 5.74) is 7.27. The molecule has 0 bridgehead atoms. The van der Waals surface area contributed by atoms with Crippen LogP contribution in [0, 0.1) is 12.7 Å². The highest BCUT2D eigenvalue weighted by molar-refractivity contribution is 6.30. The SMILES string of the molecule is Cc1ccc(Nc2ncc(Cl)cc2N)c(F)c1. The number of aromatic nitrogens is 1. The molecule has 2 rings (SSSR count). The van der Waals surface area contributed by atoms with Crippen LogP contribution in [-0.4, -0.2) is 4.98 Å². The van der Waals surface area contributed by atoms with Gasteiger partial charge in [0.1, 0.15) is 5.82 Å². The maximum atomic E-state index is 13.6. The van der Waals surface area contributed by atoms with E-state index in [1.54, 1.807) is 18.2 Å². The quantitative estimate of drug-likeness (QED) is 0.859. The summed E-state index contributed by atoms with van der Waals surface area (Å²) in [6.07, 6.45) is 1.45. The minimum atomic E-state index is -0.346. The first kappa shape index (κ1) is 11.7. The molecule has 3 nitrogen and oxygen atoms in total. The molecular formula is C12H11ClFN3. The number of nitrogens with one attached hydrogen (secondary N) is 1. The average Bonchev–Trinajstić information content (AvgIpc) is 2.25. The van der Waals surface area contributed by atoms with Gasteiger partial charge in [-0.15, -0.1) is 0 Å². The number of nitrogens with two attached hydrogens (primary N) is 1. The molecule has 1 aromatic heterocycles. The van der Waals surface area contributed by atoms with Crippen molar-refractivity contribution in [3.05, 3.63) is 46.9 Å². The van der Waals surface area contributed by atoms with E-state index in [4.69, 9.17) is 17.3 Å². The smallest absolute Gasteiger partial charge is 0.153 e. The van der Waals surface area contributed by atoms with Crippen LogP contribution in [0.5, 0.6) is 0 Å². The van der Waals surface area contributed by atoms with Crippen LogP contribution < -0.4 is 11.1 Å². The van der Waals surface area contributed by atoms with E-state index in [9.17, 15) is 4.39 Å². The van der Waals surface area contributed by atoms with Crippen molar-refractivity contribution in [3.8, 4) is 0 Å². The number of aryl methyl sites for hydroxylation is 1.